The van der Waals surface area contributed by atoms with E-state index < -0.39 is 0 Å². The summed E-state index contributed by atoms with van der Waals surface area (Å²) >= 11 is 0. The van der Waals surface area contributed by atoms with Gasteiger partial charge in [0, 0.05) is 38.6 Å². The third-order valence-electron chi connectivity index (χ3n) is 11.4. The Morgan fingerprint density at radius 2 is 0.500 bits per heavy atom. The van der Waals surface area contributed by atoms with Gasteiger partial charge >= 0.3 is 0 Å². The third kappa shape index (κ3) is 7.29. The van der Waals surface area contributed by atoms with E-state index in [-0.39, 0.29) is 0 Å². The molecule has 0 unspecified atom stereocenters. The fourth-order valence-corrected chi connectivity index (χ4v) is 8.02. The van der Waals surface area contributed by atoms with Crippen LogP contribution in [-0.4, -0.2) is 24.9 Å². The van der Waals surface area contributed by atoms with Gasteiger partial charge in [0.2, 0.25) is 0 Å². The smallest absolute Gasteiger partial charge is 0.164 e. The third-order valence-corrected chi connectivity index (χ3v) is 11.4. The Kier molecular flexibility index (Phi) is 9.45. The van der Waals surface area contributed by atoms with Crippen molar-refractivity contribution in [2.45, 2.75) is 0 Å². The maximum atomic E-state index is 5.20. The number of rotatable bonds is 8. The van der Waals surface area contributed by atoms with Gasteiger partial charge in [0.25, 0.3) is 0 Å². The molecule has 5 heteroatoms. The number of aromatic nitrogens is 5. The van der Waals surface area contributed by atoms with Crippen LogP contribution in [0.15, 0.2) is 224 Å². The van der Waals surface area contributed by atoms with Crippen LogP contribution in [0.2, 0.25) is 0 Å². The number of pyridine rings is 2. The molecule has 11 rings (SSSR count). The summed E-state index contributed by atoms with van der Waals surface area (Å²) in [6.07, 6.45) is 0. The fourth-order valence-electron chi connectivity index (χ4n) is 8.02. The minimum atomic E-state index is 0.630. The molecule has 0 saturated carbocycles. The first kappa shape index (κ1) is 36.7. The van der Waals surface area contributed by atoms with Crippen LogP contribution in [0, 0.1) is 0 Å². The minimum Gasteiger partial charge on any atom is -0.245 e. The molecule has 0 radical (unpaired) electrons. The Morgan fingerprint density at radius 3 is 0.968 bits per heavy atom. The average molecular weight is 792 g/mol. The Hall–Kier alpha value is -8.41. The average Bonchev–Trinajstić information content (AvgIpc) is 3.37. The predicted molar refractivity (Wildman–Crippen MR) is 254 cm³/mol. The molecule has 290 valence electrons. The molecule has 0 N–H and O–H groups in total. The molecule has 62 heavy (non-hydrogen) atoms. The zero-order chi connectivity index (χ0) is 41.2. The van der Waals surface area contributed by atoms with Crippen LogP contribution in [0.3, 0.4) is 0 Å². The van der Waals surface area contributed by atoms with Crippen LogP contribution in [-0.2, 0) is 0 Å². The number of fused-ring (bicyclic) bond motifs is 3. The quantitative estimate of drug-likeness (QED) is 0.143. The number of hydrogen-bond donors (Lipinski definition) is 0. The van der Waals surface area contributed by atoms with Gasteiger partial charge in [-0.05, 0) is 51.6 Å². The highest BCUT2D eigenvalue weighted by Crippen LogP contribution is 2.33. The second kappa shape index (κ2) is 16.0. The zero-order valence-corrected chi connectivity index (χ0v) is 33.6. The molecule has 11 aromatic rings. The van der Waals surface area contributed by atoms with Gasteiger partial charge in [0.05, 0.1) is 22.4 Å². The van der Waals surface area contributed by atoms with Gasteiger partial charge in [-0.3, -0.25) is 0 Å². The summed E-state index contributed by atoms with van der Waals surface area (Å²) in [7, 11) is 0. The van der Waals surface area contributed by atoms with E-state index in [1.165, 1.54) is 5.56 Å². The molecule has 0 amide bonds. The maximum absolute atomic E-state index is 5.20. The van der Waals surface area contributed by atoms with Crippen LogP contribution >= 0.6 is 0 Å². The van der Waals surface area contributed by atoms with E-state index >= 15 is 0 Å². The highest BCUT2D eigenvalue weighted by atomic mass is 15.0. The molecule has 0 spiro atoms. The van der Waals surface area contributed by atoms with Gasteiger partial charge in [-0.15, -0.1) is 0 Å². The monoisotopic (exact) mass is 791 g/mol. The lowest BCUT2D eigenvalue weighted by atomic mass is 9.97. The Bertz CT molecular complexity index is 3350. The van der Waals surface area contributed by atoms with Crippen molar-refractivity contribution in [1.82, 2.24) is 24.9 Å². The molecule has 3 heterocycles. The van der Waals surface area contributed by atoms with E-state index in [1.54, 1.807) is 0 Å². The van der Waals surface area contributed by atoms with E-state index in [0.717, 1.165) is 88.8 Å². The lowest BCUT2D eigenvalue weighted by Crippen LogP contribution is -2.00. The van der Waals surface area contributed by atoms with Crippen molar-refractivity contribution in [2.24, 2.45) is 0 Å². The Balaban J connectivity index is 0.864. The van der Waals surface area contributed by atoms with Crippen LogP contribution in [0.5, 0.6) is 0 Å². The van der Waals surface area contributed by atoms with Gasteiger partial charge in [0.1, 0.15) is 0 Å². The summed E-state index contributed by atoms with van der Waals surface area (Å²) in [5, 5.41) is 2.14. The number of hydrogen-bond acceptors (Lipinski definition) is 5. The summed E-state index contributed by atoms with van der Waals surface area (Å²) in [5.41, 5.74) is 15.4. The molecule has 5 nitrogen and oxygen atoms in total. The highest BCUT2D eigenvalue weighted by Gasteiger charge is 2.14. The Morgan fingerprint density at radius 1 is 0.194 bits per heavy atom. The lowest BCUT2D eigenvalue weighted by molar-refractivity contribution is 1.07. The fraction of sp³-hybridized carbons (Fsp3) is 0. The van der Waals surface area contributed by atoms with Crippen molar-refractivity contribution in [1.29, 1.82) is 0 Å². The predicted octanol–water partition coefficient (Wildman–Crippen LogP) is 14.3. The maximum Gasteiger partial charge on any atom is 0.164 e. The highest BCUT2D eigenvalue weighted by molar-refractivity contribution is 6.04. The van der Waals surface area contributed by atoms with Gasteiger partial charge in [-0.25, -0.2) is 24.9 Å². The summed E-state index contributed by atoms with van der Waals surface area (Å²) < 4.78 is 0. The second-order valence-corrected chi connectivity index (χ2v) is 15.3. The second-order valence-electron chi connectivity index (χ2n) is 15.3. The van der Waals surface area contributed by atoms with Crippen LogP contribution in [0.25, 0.3) is 112 Å². The van der Waals surface area contributed by atoms with Crippen molar-refractivity contribution >= 4 is 21.8 Å². The molecule has 0 bridgehead atoms. The summed E-state index contributed by atoms with van der Waals surface area (Å²) in [6.45, 7) is 0. The van der Waals surface area contributed by atoms with Crippen LogP contribution in [0.1, 0.15) is 0 Å². The minimum absolute atomic E-state index is 0.630. The van der Waals surface area contributed by atoms with Crippen molar-refractivity contribution in [3.63, 3.8) is 0 Å². The largest absolute Gasteiger partial charge is 0.245 e. The van der Waals surface area contributed by atoms with Gasteiger partial charge in [0.15, 0.2) is 17.5 Å². The lowest BCUT2D eigenvalue weighted by Gasteiger charge is -2.10. The molecule has 0 fully saturated rings. The first-order valence-corrected chi connectivity index (χ1v) is 20.7. The van der Waals surface area contributed by atoms with Gasteiger partial charge in [-0.2, -0.15) is 0 Å². The molecule has 0 aliphatic rings. The van der Waals surface area contributed by atoms with E-state index in [9.17, 15) is 0 Å². The normalized spacial score (nSPS) is 11.2. The first-order valence-electron chi connectivity index (χ1n) is 20.7. The van der Waals surface area contributed by atoms with Crippen molar-refractivity contribution < 1.29 is 0 Å². The van der Waals surface area contributed by atoms with Crippen LogP contribution < -0.4 is 0 Å². The topological polar surface area (TPSA) is 64.5 Å². The van der Waals surface area contributed by atoms with E-state index in [4.69, 9.17) is 24.9 Å². The zero-order valence-electron chi connectivity index (χ0n) is 33.6. The summed E-state index contributed by atoms with van der Waals surface area (Å²) in [4.78, 5) is 25.2. The van der Waals surface area contributed by atoms with Crippen LogP contribution in [0.4, 0.5) is 0 Å². The summed E-state index contributed by atoms with van der Waals surface area (Å²) in [5.74, 6) is 1.90. The van der Waals surface area contributed by atoms with Gasteiger partial charge < -0.3 is 0 Å². The van der Waals surface area contributed by atoms with Gasteiger partial charge in [-0.1, -0.05) is 206 Å². The van der Waals surface area contributed by atoms with Crippen molar-refractivity contribution in [3.05, 3.63) is 224 Å². The number of benzene rings is 8. The Labute approximate surface area is 359 Å². The number of nitrogens with zero attached hydrogens (tertiary/aromatic N) is 5. The first-order chi connectivity index (χ1) is 30.7. The molecule has 8 aromatic carbocycles. The molecular formula is C57H37N5. The molecule has 0 aliphatic carbocycles. The van der Waals surface area contributed by atoms with Crippen molar-refractivity contribution in [2.75, 3.05) is 0 Å². The molecule has 3 aromatic heterocycles. The van der Waals surface area contributed by atoms with E-state index in [1.807, 2.05) is 54.6 Å². The van der Waals surface area contributed by atoms with E-state index in [2.05, 4.69) is 170 Å². The standard InChI is InChI=1S/C57H37N5/c1-4-11-38(12-5-1)39-23-29-47(30-24-39)56-60-55(46-15-8-3-9-16-46)61-57(62-56)48-31-25-41(26-32-48)40-19-21-42(22-20-40)49-17-10-18-50(37-49)52-36-34-45-28-27-44-33-35-51(43-13-6-2-7-14-43)58-53(44)54(45)59-52/h1-37H. The van der Waals surface area contributed by atoms with Crippen molar-refractivity contribution in [3.8, 4) is 90.1 Å². The molecule has 0 aliphatic heterocycles. The molecular weight excluding hydrogens is 755 g/mol. The summed E-state index contributed by atoms with van der Waals surface area (Å²) in [6, 6.07) is 77.7. The SMILES string of the molecule is c1ccc(-c2ccc(-c3nc(-c4ccccc4)nc(-c4ccc(-c5ccc(-c6cccc(-c7ccc8ccc9ccc(-c%10ccccc%10)nc9c8n7)c6)cc5)cc4)n3)cc2)cc1. The molecule has 0 saturated heterocycles. The van der Waals surface area contributed by atoms with E-state index in [0.29, 0.717) is 17.5 Å². The molecule has 0 atom stereocenters.